The molecule has 0 bridgehead atoms. The van der Waals surface area contributed by atoms with E-state index < -0.39 is 0 Å². The van der Waals surface area contributed by atoms with E-state index in [1.807, 2.05) is 6.07 Å². The van der Waals surface area contributed by atoms with Crippen LogP contribution < -0.4 is 0 Å². The Morgan fingerprint density at radius 3 is 2.93 bits per heavy atom. The van der Waals surface area contributed by atoms with Gasteiger partial charge in [0.05, 0.1) is 12.7 Å². The van der Waals surface area contributed by atoms with E-state index in [-0.39, 0.29) is 5.97 Å². The van der Waals surface area contributed by atoms with Crippen LogP contribution in [-0.2, 0) is 17.6 Å². The number of hydrogen-bond donors (Lipinski definition) is 0. The van der Waals surface area contributed by atoms with Crippen molar-refractivity contribution in [2.45, 2.75) is 19.3 Å². The number of halogens is 1. The van der Waals surface area contributed by atoms with Gasteiger partial charge in [0.2, 0.25) is 0 Å². The normalized spacial score (nSPS) is 13.9. The Labute approximate surface area is 91.4 Å². The molecule has 0 unspecified atom stereocenters. The van der Waals surface area contributed by atoms with Gasteiger partial charge in [-0.15, -0.1) is 0 Å². The highest BCUT2D eigenvalue weighted by molar-refractivity contribution is 9.10. The number of carbonyl (C=O) groups is 1. The van der Waals surface area contributed by atoms with E-state index in [0.29, 0.717) is 0 Å². The summed E-state index contributed by atoms with van der Waals surface area (Å²) in [5.41, 5.74) is 3.16. The number of fused-ring (bicyclic) bond motifs is 1. The van der Waals surface area contributed by atoms with Crippen LogP contribution >= 0.6 is 15.9 Å². The van der Waals surface area contributed by atoms with Crippen molar-refractivity contribution < 1.29 is 9.53 Å². The summed E-state index contributed by atoms with van der Waals surface area (Å²) in [4.78, 5) is 11.5. The van der Waals surface area contributed by atoms with Gasteiger partial charge < -0.3 is 4.74 Å². The average Bonchev–Trinajstić information content (AvgIpc) is 2.62. The van der Waals surface area contributed by atoms with Crippen LogP contribution in [0.25, 0.3) is 0 Å². The molecule has 1 aliphatic rings. The lowest BCUT2D eigenvalue weighted by molar-refractivity contribution is 0.0599. The summed E-state index contributed by atoms with van der Waals surface area (Å²) >= 11 is 3.41. The van der Waals surface area contributed by atoms with Gasteiger partial charge in [-0.2, -0.15) is 0 Å². The van der Waals surface area contributed by atoms with Crippen LogP contribution in [0.2, 0.25) is 0 Å². The van der Waals surface area contributed by atoms with E-state index in [1.54, 1.807) is 0 Å². The fourth-order valence-corrected chi connectivity index (χ4v) is 2.46. The molecular weight excluding hydrogens is 244 g/mol. The average molecular weight is 255 g/mol. The summed E-state index contributed by atoms with van der Waals surface area (Å²) in [6, 6.07) is 3.94. The van der Waals surface area contributed by atoms with Gasteiger partial charge in [0.1, 0.15) is 0 Å². The fraction of sp³-hybridized carbons (Fsp3) is 0.364. The first-order valence-electron chi connectivity index (χ1n) is 4.62. The molecule has 2 nitrogen and oxygen atoms in total. The summed E-state index contributed by atoms with van der Waals surface area (Å²) in [5, 5.41) is 0. The van der Waals surface area contributed by atoms with Crippen molar-refractivity contribution in [3.05, 3.63) is 33.3 Å². The number of methoxy groups -OCH3 is 1. The van der Waals surface area contributed by atoms with Crippen molar-refractivity contribution in [3.63, 3.8) is 0 Å². The van der Waals surface area contributed by atoms with Gasteiger partial charge >= 0.3 is 5.97 Å². The lowest BCUT2D eigenvalue weighted by Gasteiger charge is -2.07. The number of esters is 1. The molecule has 3 heteroatoms. The number of ether oxygens (including phenoxy) is 1. The minimum atomic E-state index is -0.232. The molecule has 0 N–H and O–H groups in total. The predicted octanol–water partition coefficient (Wildman–Crippen LogP) is 2.72. The van der Waals surface area contributed by atoms with Crippen LogP contribution in [0.4, 0.5) is 0 Å². The molecule has 0 saturated carbocycles. The molecule has 0 radical (unpaired) electrons. The van der Waals surface area contributed by atoms with Crippen molar-refractivity contribution in [1.82, 2.24) is 0 Å². The molecule has 1 aromatic rings. The molecule has 0 saturated heterocycles. The Bertz CT molecular complexity index is 385. The summed E-state index contributed by atoms with van der Waals surface area (Å²) < 4.78 is 5.71. The Balaban J connectivity index is 2.54. The van der Waals surface area contributed by atoms with E-state index in [0.717, 1.165) is 29.3 Å². The Hall–Kier alpha value is -0.830. The molecule has 1 aliphatic carbocycles. The molecular formula is C11H11BrO2. The first-order valence-corrected chi connectivity index (χ1v) is 5.41. The van der Waals surface area contributed by atoms with Crippen LogP contribution in [0.3, 0.4) is 0 Å². The highest BCUT2D eigenvalue weighted by Gasteiger charge is 2.20. The number of hydrogen-bond acceptors (Lipinski definition) is 2. The minimum absolute atomic E-state index is 0.232. The van der Waals surface area contributed by atoms with E-state index in [1.165, 1.54) is 18.2 Å². The third-order valence-corrected chi connectivity index (χ3v) is 3.04. The number of carbonyl (C=O) groups excluding carboxylic acids is 1. The van der Waals surface area contributed by atoms with Crippen LogP contribution in [0.5, 0.6) is 0 Å². The molecule has 0 fully saturated rings. The summed E-state index contributed by atoms with van der Waals surface area (Å²) in [6.45, 7) is 0. The van der Waals surface area contributed by atoms with Crippen LogP contribution in [-0.4, -0.2) is 13.1 Å². The first-order chi connectivity index (χ1) is 6.72. The molecule has 0 aromatic heterocycles. The molecule has 2 rings (SSSR count). The largest absolute Gasteiger partial charge is 0.465 e. The highest BCUT2D eigenvalue weighted by Crippen LogP contribution is 2.29. The van der Waals surface area contributed by atoms with Gasteiger partial charge in [-0.05, 0) is 42.5 Å². The second-order valence-electron chi connectivity index (χ2n) is 3.44. The molecule has 0 spiro atoms. The zero-order chi connectivity index (χ0) is 10.1. The van der Waals surface area contributed by atoms with Crippen LogP contribution in [0, 0.1) is 0 Å². The molecule has 0 amide bonds. The highest BCUT2D eigenvalue weighted by atomic mass is 79.9. The SMILES string of the molecule is COC(=O)c1cc(Br)cc2c1CCC2. The quantitative estimate of drug-likeness (QED) is 0.721. The Morgan fingerprint density at radius 2 is 2.21 bits per heavy atom. The Kier molecular flexibility index (Phi) is 2.59. The van der Waals surface area contributed by atoms with Crippen molar-refractivity contribution >= 4 is 21.9 Å². The first kappa shape index (κ1) is 9.71. The number of rotatable bonds is 1. The summed E-state index contributed by atoms with van der Waals surface area (Å²) in [6.07, 6.45) is 3.20. The topological polar surface area (TPSA) is 26.3 Å². The monoisotopic (exact) mass is 254 g/mol. The van der Waals surface area contributed by atoms with Gasteiger partial charge in [0.25, 0.3) is 0 Å². The number of benzene rings is 1. The maximum atomic E-state index is 11.5. The van der Waals surface area contributed by atoms with E-state index in [2.05, 4.69) is 22.0 Å². The smallest absolute Gasteiger partial charge is 0.338 e. The van der Waals surface area contributed by atoms with Gasteiger partial charge in [-0.25, -0.2) is 4.79 Å². The minimum Gasteiger partial charge on any atom is -0.465 e. The molecule has 1 aromatic carbocycles. The second-order valence-corrected chi connectivity index (χ2v) is 4.35. The van der Waals surface area contributed by atoms with Gasteiger partial charge in [-0.3, -0.25) is 0 Å². The van der Waals surface area contributed by atoms with Crippen molar-refractivity contribution in [1.29, 1.82) is 0 Å². The van der Waals surface area contributed by atoms with Crippen molar-refractivity contribution in [3.8, 4) is 0 Å². The van der Waals surface area contributed by atoms with Crippen molar-refractivity contribution in [2.24, 2.45) is 0 Å². The zero-order valence-corrected chi connectivity index (χ0v) is 9.56. The second kappa shape index (κ2) is 3.73. The molecule has 0 heterocycles. The zero-order valence-electron chi connectivity index (χ0n) is 7.97. The van der Waals surface area contributed by atoms with Crippen LogP contribution in [0.15, 0.2) is 16.6 Å². The summed E-state index contributed by atoms with van der Waals surface area (Å²) in [7, 11) is 1.42. The third kappa shape index (κ3) is 1.57. The lowest BCUT2D eigenvalue weighted by atomic mass is 10.0. The predicted molar refractivity (Wildman–Crippen MR) is 57.5 cm³/mol. The van der Waals surface area contributed by atoms with Gasteiger partial charge in [0, 0.05) is 4.47 Å². The fourth-order valence-electron chi connectivity index (χ4n) is 1.96. The van der Waals surface area contributed by atoms with E-state index >= 15 is 0 Å². The lowest BCUT2D eigenvalue weighted by Crippen LogP contribution is -2.05. The summed E-state index contributed by atoms with van der Waals surface area (Å²) in [5.74, 6) is -0.232. The van der Waals surface area contributed by atoms with E-state index in [9.17, 15) is 4.79 Å². The van der Waals surface area contributed by atoms with E-state index in [4.69, 9.17) is 4.74 Å². The molecule has 74 valence electrons. The van der Waals surface area contributed by atoms with Crippen molar-refractivity contribution in [2.75, 3.05) is 7.11 Å². The molecule has 14 heavy (non-hydrogen) atoms. The number of aryl methyl sites for hydroxylation is 1. The molecule has 0 atom stereocenters. The van der Waals surface area contributed by atoms with Crippen LogP contribution in [0.1, 0.15) is 27.9 Å². The standard InChI is InChI=1S/C11H11BrO2/c1-14-11(13)10-6-8(12)5-7-3-2-4-9(7)10/h5-6H,2-4H2,1H3. The maximum absolute atomic E-state index is 11.5. The molecule has 0 aliphatic heterocycles. The van der Waals surface area contributed by atoms with Gasteiger partial charge in [0.15, 0.2) is 0 Å². The Morgan fingerprint density at radius 1 is 1.43 bits per heavy atom. The van der Waals surface area contributed by atoms with Gasteiger partial charge in [-0.1, -0.05) is 15.9 Å². The maximum Gasteiger partial charge on any atom is 0.338 e. The third-order valence-electron chi connectivity index (χ3n) is 2.59.